The Bertz CT molecular complexity index is 3150. The van der Waals surface area contributed by atoms with Gasteiger partial charge in [0.15, 0.2) is 29.5 Å². The summed E-state index contributed by atoms with van der Waals surface area (Å²) in [6.45, 7) is 6.98. The largest absolute Gasteiger partial charge is 0.462 e. The van der Waals surface area contributed by atoms with Crippen LogP contribution in [0.1, 0.15) is 44.4 Å². The molecule has 3 saturated heterocycles. The lowest BCUT2D eigenvalue weighted by molar-refractivity contribution is -0.203. The van der Waals surface area contributed by atoms with Crippen LogP contribution in [0.25, 0.3) is 22.1 Å². The summed E-state index contributed by atoms with van der Waals surface area (Å²) in [6, 6.07) is 14.7. The first-order valence-corrected chi connectivity index (χ1v) is 28.4. The molecule has 1 unspecified atom stereocenters. The first-order chi connectivity index (χ1) is 35.5. The Morgan fingerprint density at radius 3 is 1.71 bits per heavy atom. The molecule has 31 heteroatoms. The van der Waals surface area contributed by atoms with Crippen molar-refractivity contribution in [1.82, 2.24) is 39.5 Å². The van der Waals surface area contributed by atoms with E-state index in [1.54, 1.807) is 37.7 Å². The molecule has 3 fully saturated rings. The normalized spacial score (nSPS) is 23.8. The number of rotatable bonds is 18. The van der Waals surface area contributed by atoms with Gasteiger partial charge in [0.2, 0.25) is 17.9 Å². The van der Waals surface area contributed by atoms with Gasteiger partial charge in [0.1, 0.15) is 73.8 Å². The van der Waals surface area contributed by atoms with Crippen LogP contribution in [0, 0.1) is 0 Å². The van der Waals surface area contributed by atoms with Crippen molar-refractivity contribution in [1.29, 1.82) is 0 Å². The number of fused-ring (bicyclic) bond motifs is 3. The van der Waals surface area contributed by atoms with E-state index in [0.717, 1.165) is 11.1 Å². The number of nitrogens with zero attached hydrogens (tertiary/aromatic N) is 8. The number of esters is 2. The second-order valence-electron chi connectivity index (χ2n) is 17.7. The van der Waals surface area contributed by atoms with Crippen molar-refractivity contribution in [2.24, 2.45) is 0 Å². The number of aliphatic hydroxyl groups excluding tert-OH is 2. The molecule has 6 N–H and O–H groups in total. The Balaban J connectivity index is 0.000000201. The summed E-state index contributed by atoms with van der Waals surface area (Å²) in [7, 11) is -7.70. The van der Waals surface area contributed by atoms with Gasteiger partial charge in [-0.2, -0.15) is 30.1 Å². The number of hydrogen-bond acceptors (Lipinski definition) is 21. The number of benzene rings is 2. The van der Waals surface area contributed by atoms with Crippen molar-refractivity contribution in [3.05, 3.63) is 92.7 Å². The molecule has 0 saturated carbocycles. The molecule has 4 aromatic heterocycles. The Labute approximate surface area is 447 Å². The summed E-state index contributed by atoms with van der Waals surface area (Å²) < 4.78 is 65.6. The smallest absolute Gasteiger partial charge is 0.336 e. The van der Waals surface area contributed by atoms with Crippen LogP contribution in [0.4, 0.5) is 11.6 Å². The van der Waals surface area contributed by atoms with E-state index in [9.17, 15) is 28.9 Å². The molecule has 7 heterocycles. The lowest BCUT2D eigenvalue weighted by Gasteiger charge is -2.24. The van der Waals surface area contributed by atoms with Crippen molar-refractivity contribution >= 4 is 107 Å². The fourth-order valence-electron chi connectivity index (χ4n) is 8.30. The van der Waals surface area contributed by atoms with Gasteiger partial charge in [-0.25, -0.2) is 9.36 Å². The van der Waals surface area contributed by atoms with Gasteiger partial charge in [0.25, 0.3) is 0 Å². The molecule has 6 aromatic rings. The van der Waals surface area contributed by atoms with E-state index in [-0.39, 0.29) is 35.6 Å². The van der Waals surface area contributed by atoms with E-state index in [1.165, 1.54) is 17.5 Å². The zero-order valence-electron chi connectivity index (χ0n) is 40.1. The first kappa shape index (κ1) is 56.5. The topological polar surface area (TPSA) is 325 Å². The average molecular weight is 1160 g/mol. The van der Waals surface area contributed by atoms with Crippen LogP contribution in [-0.4, -0.2) is 153 Å². The molecule has 3 aliphatic rings. The number of carbonyl (C=O) groups is 2. The Morgan fingerprint density at radius 2 is 1.19 bits per heavy atom. The molecule has 3 aliphatic heterocycles. The number of carbonyl (C=O) groups excluding carboxylic acids is 2. The molecule has 2 aromatic carbocycles. The third-order valence-corrected chi connectivity index (χ3v) is 15.0. The van der Waals surface area contributed by atoms with Crippen LogP contribution >= 0.6 is 61.4 Å². The summed E-state index contributed by atoms with van der Waals surface area (Å²) >= 11 is 24.9. The lowest BCUT2D eigenvalue weighted by atomic mass is 10.1. The Kier molecular flexibility index (Phi) is 17.7. The monoisotopic (exact) mass is 1160 g/mol. The lowest BCUT2D eigenvalue weighted by Crippen LogP contribution is -2.34. The van der Waals surface area contributed by atoms with Crippen molar-refractivity contribution in [2.75, 3.05) is 49.4 Å². The third kappa shape index (κ3) is 13.7. The van der Waals surface area contributed by atoms with Gasteiger partial charge >= 0.3 is 19.5 Å². The molecule has 0 bridgehead atoms. The zero-order valence-corrected chi connectivity index (χ0v) is 44.9. The Morgan fingerprint density at radius 1 is 0.707 bits per heavy atom. The Hall–Kier alpha value is -4.66. The van der Waals surface area contributed by atoms with Crippen molar-refractivity contribution in [3.63, 3.8) is 0 Å². The van der Waals surface area contributed by atoms with Crippen molar-refractivity contribution in [2.45, 2.75) is 88.7 Å². The summed E-state index contributed by atoms with van der Waals surface area (Å²) in [5, 5.41) is 38.1. The molecule has 9 atom stereocenters. The molecule has 0 amide bonds. The third-order valence-electron chi connectivity index (χ3n) is 11.6. The fourth-order valence-corrected chi connectivity index (χ4v) is 10.7. The van der Waals surface area contributed by atoms with Gasteiger partial charge < -0.3 is 63.6 Å². The number of aromatic nitrogens is 8. The van der Waals surface area contributed by atoms with Crippen LogP contribution < -0.4 is 10.6 Å². The second kappa shape index (κ2) is 23.5. The predicted molar refractivity (Wildman–Crippen MR) is 271 cm³/mol. The maximum atomic E-state index is 12.4. The van der Waals surface area contributed by atoms with E-state index in [0.29, 0.717) is 51.2 Å². The van der Waals surface area contributed by atoms with Crippen molar-refractivity contribution in [3.8, 4) is 0 Å². The number of nitrogens with one attached hydrogen (secondary N) is 2. The number of anilines is 2. The van der Waals surface area contributed by atoms with Gasteiger partial charge in [-0.1, -0.05) is 59.6 Å². The van der Waals surface area contributed by atoms with Crippen LogP contribution in [0.5, 0.6) is 0 Å². The minimum absolute atomic E-state index is 0.0122. The SMILES string of the molecule is CCOP(C)(=O)CC(=O)OC[C@H]1O[C@@H](n2ncc3c(NCc4ccccc4Cl)nc(Cl)nc32)[C@@H]2OC(C)(C)O[C@@H]21.O=C(CP(=O)(O)O)OC[C@H]1O[C@@H](n2ncc3c(NCc4ccccc4Cl)nc(Cl)nc32)[C@H](O)[C@@H]1O. The van der Waals surface area contributed by atoms with E-state index in [2.05, 4.69) is 40.8 Å². The number of aliphatic hydroxyl groups is 2. The average Bonchev–Trinajstić information content (AvgIpc) is 4.15. The maximum Gasteiger partial charge on any atom is 0.336 e. The molecule has 0 spiro atoms. The van der Waals surface area contributed by atoms with E-state index in [1.807, 2.05) is 42.5 Å². The van der Waals surface area contributed by atoms with Gasteiger partial charge in [0.05, 0.1) is 29.8 Å². The zero-order chi connectivity index (χ0) is 54.0. The molecular formula is C44H50Cl4N10O15P2. The first-order valence-electron chi connectivity index (χ1n) is 22.9. The van der Waals surface area contributed by atoms with Gasteiger partial charge in [-0.3, -0.25) is 18.7 Å². The highest BCUT2D eigenvalue weighted by molar-refractivity contribution is 7.59. The number of halogens is 4. The van der Waals surface area contributed by atoms with Crippen LogP contribution in [-0.2, 0) is 64.8 Å². The molecular weight excluding hydrogens is 1110 g/mol. The van der Waals surface area contributed by atoms with Gasteiger partial charge in [0, 0.05) is 29.8 Å². The molecule has 404 valence electrons. The van der Waals surface area contributed by atoms with Gasteiger partial charge in [-0.15, -0.1) is 0 Å². The summed E-state index contributed by atoms with van der Waals surface area (Å²) in [5.74, 6) is -1.92. The van der Waals surface area contributed by atoms with E-state index in [4.69, 9.17) is 89.1 Å². The molecule has 75 heavy (non-hydrogen) atoms. The second-order valence-corrected chi connectivity index (χ2v) is 23.4. The van der Waals surface area contributed by atoms with Crippen molar-refractivity contribution < 1.29 is 71.7 Å². The molecule has 0 aliphatic carbocycles. The highest BCUT2D eigenvalue weighted by atomic mass is 35.5. The number of ether oxygens (including phenoxy) is 6. The molecule has 0 radical (unpaired) electrons. The maximum absolute atomic E-state index is 12.4. The summed E-state index contributed by atoms with van der Waals surface area (Å²) in [5.41, 5.74) is 2.32. The van der Waals surface area contributed by atoms with Crippen LogP contribution in [0.15, 0.2) is 60.9 Å². The molecule has 9 rings (SSSR count). The quantitative estimate of drug-likeness (QED) is 0.0340. The summed E-state index contributed by atoms with van der Waals surface area (Å²) in [6.07, 6.45) is -6.42. The standard InChI is InChI=1S/C25H30Cl2N5O7P.C19H20Cl2N5O8P/c1-5-36-40(4,34)13-18(33)35-12-17-19-20(39-25(2,3)38-19)23(37-17)32-22-15(11-29-32)21(30-24(27)31-22)28-10-14-8-6-7-9-16(14)26;20-11-4-2-1-3-9(11)5-22-16-10-6-23-26(17(10)25-19(21)24-16)18-15(29)14(28)12(34-18)7-33-13(27)8-35(30,31)32/h6-9,11,17,19-20,23H,5,10,12-13H2,1-4H3,(H,28,30,31);1-4,6,12,14-15,18,28-29H,5,7-8H2,(H,22,24,25)(H2,30,31,32)/t17-,19-,20-,23-,40?;12-,14-,15-,18-/m11/s1. The highest BCUT2D eigenvalue weighted by Crippen LogP contribution is 2.45. The van der Waals surface area contributed by atoms with Crippen LogP contribution in [0.3, 0.4) is 0 Å². The summed E-state index contributed by atoms with van der Waals surface area (Å²) in [4.78, 5) is 58.7. The minimum Gasteiger partial charge on any atom is -0.462 e. The highest BCUT2D eigenvalue weighted by Gasteiger charge is 2.57. The minimum atomic E-state index is -4.61. The molecule has 25 nitrogen and oxygen atoms in total. The van der Waals surface area contributed by atoms with E-state index >= 15 is 0 Å². The van der Waals surface area contributed by atoms with E-state index < -0.39 is 94.5 Å². The van der Waals surface area contributed by atoms with Crippen LogP contribution in [0.2, 0.25) is 20.6 Å². The van der Waals surface area contributed by atoms with Gasteiger partial charge in [-0.05, 0) is 67.2 Å². The fraction of sp³-hybridized carbons (Fsp3) is 0.455. The predicted octanol–water partition coefficient (Wildman–Crippen LogP) is 5.74. The number of hydrogen-bond donors (Lipinski definition) is 6.